The first kappa shape index (κ1) is 24.2. The van der Waals surface area contributed by atoms with Gasteiger partial charge >= 0.3 is 0 Å². The lowest BCUT2D eigenvalue weighted by atomic mass is 9.95. The van der Waals surface area contributed by atoms with Crippen molar-refractivity contribution in [1.82, 2.24) is 30.0 Å². The molecule has 1 saturated heterocycles. The van der Waals surface area contributed by atoms with Gasteiger partial charge in [0, 0.05) is 42.3 Å². The summed E-state index contributed by atoms with van der Waals surface area (Å²) in [4.78, 5) is 37.8. The van der Waals surface area contributed by atoms with Crippen LogP contribution in [0.2, 0.25) is 0 Å². The van der Waals surface area contributed by atoms with Crippen molar-refractivity contribution in [2.75, 3.05) is 18.8 Å². The van der Waals surface area contributed by atoms with E-state index in [0.717, 1.165) is 48.8 Å². The van der Waals surface area contributed by atoms with E-state index in [9.17, 15) is 4.79 Å². The molecule has 0 saturated carbocycles. The van der Waals surface area contributed by atoms with Crippen molar-refractivity contribution in [3.63, 3.8) is 0 Å². The molecule has 10 heteroatoms. The topological polar surface area (TPSA) is 136 Å². The van der Waals surface area contributed by atoms with Gasteiger partial charge in [-0.2, -0.15) is 0 Å². The molecule has 10 nitrogen and oxygen atoms in total. The van der Waals surface area contributed by atoms with Gasteiger partial charge in [0.2, 0.25) is 0 Å². The van der Waals surface area contributed by atoms with Crippen LogP contribution in [0, 0.1) is 0 Å². The Morgan fingerprint density at radius 1 is 1.19 bits per heavy atom. The SMILES string of the molecule is C[C@@H](CC(=O)c1ncnc(N)c1CN1CCCC1)c1cc(C2=Nc3cnc(C(C)(C)C)nc3C2)no1. The van der Waals surface area contributed by atoms with E-state index < -0.39 is 0 Å². The van der Waals surface area contributed by atoms with Gasteiger partial charge in [-0.15, -0.1) is 0 Å². The second kappa shape index (κ2) is 9.50. The molecule has 1 atom stereocenters. The number of nitrogens with two attached hydrogens (primary N) is 1. The van der Waals surface area contributed by atoms with Crippen LogP contribution in [0.4, 0.5) is 11.5 Å². The van der Waals surface area contributed by atoms with Crippen molar-refractivity contribution in [1.29, 1.82) is 0 Å². The van der Waals surface area contributed by atoms with Crippen molar-refractivity contribution in [2.24, 2.45) is 4.99 Å². The Labute approximate surface area is 210 Å². The Hall–Kier alpha value is -3.53. The second-order valence-corrected chi connectivity index (χ2v) is 10.7. The molecule has 0 amide bonds. The standard InChI is InChI=1S/C26H32N8O2/c1-15(9-21(35)23-16(24(27)30-14-29-23)13-34-7-5-6-8-34)22-11-19(33-36-22)17-10-18-20(31-17)12-28-25(32-18)26(2,3)4/h11-12,14-15H,5-10,13H2,1-4H3,(H2,27,29,30)/t15-/m0/s1. The lowest BCUT2D eigenvalue weighted by Crippen LogP contribution is -2.23. The number of Topliss-reactive ketones (excluding diaryl/α,β-unsaturated/α-hetero) is 1. The summed E-state index contributed by atoms with van der Waals surface area (Å²) in [6, 6.07) is 1.86. The number of likely N-dealkylation sites (tertiary alicyclic amines) is 1. The van der Waals surface area contributed by atoms with Crippen LogP contribution in [-0.4, -0.2) is 54.6 Å². The van der Waals surface area contributed by atoms with E-state index in [1.807, 2.05) is 13.0 Å². The summed E-state index contributed by atoms with van der Waals surface area (Å²) in [6.07, 6.45) is 6.23. The van der Waals surface area contributed by atoms with E-state index in [0.29, 0.717) is 41.5 Å². The molecule has 0 unspecified atom stereocenters. The Balaban J connectivity index is 1.28. The maximum absolute atomic E-state index is 13.2. The smallest absolute Gasteiger partial charge is 0.182 e. The minimum atomic E-state index is -0.189. The summed E-state index contributed by atoms with van der Waals surface area (Å²) in [5.41, 5.74) is 10.2. The Kier molecular flexibility index (Phi) is 6.38. The summed E-state index contributed by atoms with van der Waals surface area (Å²) in [5, 5.41) is 4.24. The number of hydrogen-bond acceptors (Lipinski definition) is 10. The molecular formula is C26H32N8O2. The average molecular weight is 489 g/mol. The van der Waals surface area contributed by atoms with Crippen LogP contribution in [0.1, 0.15) is 91.9 Å². The van der Waals surface area contributed by atoms with Crippen molar-refractivity contribution < 1.29 is 9.32 Å². The number of aliphatic imine (C=N–C) groups is 1. The predicted molar refractivity (Wildman–Crippen MR) is 135 cm³/mol. The van der Waals surface area contributed by atoms with Gasteiger partial charge in [0.15, 0.2) is 5.78 Å². The molecule has 0 bridgehead atoms. The Morgan fingerprint density at radius 3 is 2.72 bits per heavy atom. The quantitative estimate of drug-likeness (QED) is 0.493. The first-order chi connectivity index (χ1) is 17.2. The molecule has 1 fully saturated rings. The molecule has 2 aliphatic rings. The summed E-state index contributed by atoms with van der Waals surface area (Å²) in [6.45, 7) is 10.8. The van der Waals surface area contributed by atoms with Gasteiger partial charge < -0.3 is 10.3 Å². The normalized spacial score (nSPS) is 16.7. The third-order valence-electron chi connectivity index (χ3n) is 6.73. The van der Waals surface area contributed by atoms with E-state index >= 15 is 0 Å². The number of aromatic nitrogens is 5. The zero-order chi connectivity index (χ0) is 25.4. The monoisotopic (exact) mass is 488 g/mol. The summed E-state index contributed by atoms with van der Waals surface area (Å²) in [5.74, 6) is 1.51. The van der Waals surface area contributed by atoms with Crippen molar-refractivity contribution in [3.05, 3.63) is 52.8 Å². The molecule has 36 heavy (non-hydrogen) atoms. The fourth-order valence-corrected chi connectivity index (χ4v) is 4.61. The molecule has 188 valence electrons. The first-order valence-electron chi connectivity index (χ1n) is 12.4. The number of hydrogen-bond donors (Lipinski definition) is 1. The molecular weight excluding hydrogens is 456 g/mol. The van der Waals surface area contributed by atoms with Crippen molar-refractivity contribution >= 4 is 23.0 Å². The largest absolute Gasteiger partial charge is 0.383 e. The fraction of sp³-hybridized carbons (Fsp3) is 0.500. The number of nitrogen functional groups attached to an aromatic ring is 1. The lowest BCUT2D eigenvalue weighted by molar-refractivity contribution is 0.0964. The highest BCUT2D eigenvalue weighted by Crippen LogP contribution is 2.31. The zero-order valence-electron chi connectivity index (χ0n) is 21.3. The van der Waals surface area contributed by atoms with Crippen molar-refractivity contribution in [3.8, 4) is 0 Å². The maximum Gasteiger partial charge on any atom is 0.182 e. The maximum atomic E-state index is 13.2. The van der Waals surface area contributed by atoms with Crippen LogP contribution in [0.15, 0.2) is 28.1 Å². The Morgan fingerprint density at radius 2 is 1.97 bits per heavy atom. The van der Waals surface area contributed by atoms with Gasteiger partial charge in [-0.05, 0) is 25.9 Å². The number of nitrogens with zero attached hydrogens (tertiary/aromatic N) is 7. The van der Waals surface area contributed by atoms with Crippen LogP contribution in [0.3, 0.4) is 0 Å². The summed E-state index contributed by atoms with van der Waals surface area (Å²) < 4.78 is 5.63. The van der Waals surface area contributed by atoms with Gasteiger partial charge in [0.1, 0.15) is 40.8 Å². The number of anilines is 1. The minimum Gasteiger partial charge on any atom is -0.383 e. The van der Waals surface area contributed by atoms with Crippen LogP contribution in [-0.2, 0) is 18.4 Å². The highest BCUT2D eigenvalue weighted by atomic mass is 16.5. The zero-order valence-corrected chi connectivity index (χ0v) is 21.3. The Bertz CT molecular complexity index is 1320. The van der Waals surface area contributed by atoms with Crippen LogP contribution >= 0.6 is 0 Å². The van der Waals surface area contributed by atoms with E-state index in [1.54, 1.807) is 6.20 Å². The lowest BCUT2D eigenvalue weighted by Gasteiger charge is -2.18. The highest BCUT2D eigenvalue weighted by molar-refractivity contribution is 6.04. The molecule has 3 aromatic rings. The second-order valence-electron chi connectivity index (χ2n) is 10.7. The van der Waals surface area contributed by atoms with E-state index in [-0.39, 0.29) is 23.5 Å². The van der Waals surface area contributed by atoms with Crippen LogP contribution < -0.4 is 5.73 Å². The molecule has 0 radical (unpaired) electrons. The molecule has 0 aliphatic carbocycles. The number of rotatable bonds is 7. The number of fused-ring (bicyclic) bond motifs is 1. The fourth-order valence-electron chi connectivity index (χ4n) is 4.61. The number of ketones is 1. The van der Waals surface area contributed by atoms with Crippen LogP contribution in [0.5, 0.6) is 0 Å². The van der Waals surface area contributed by atoms with E-state index in [2.05, 4.69) is 50.8 Å². The molecule has 2 N–H and O–H groups in total. The first-order valence-corrected chi connectivity index (χ1v) is 12.4. The van der Waals surface area contributed by atoms with Gasteiger partial charge in [0.05, 0.1) is 17.6 Å². The predicted octanol–water partition coefficient (Wildman–Crippen LogP) is 3.78. The summed E-state index contributed by atoms with van der Waals surface area (Å²) in [7, 11) is 0. The number of carbonyl (C=O) groups excluding carboxylic acids is 1. The molecule has 5 rings (SSSR count). The minimum absolute atomic E-state index is 0.0839. The highest BCUT2D eigenvalue weighted by Gasteiger charge is 2.27. The van der Waals surface area contributed by atoms with Gasteiger partial charge in [-0.25, -0.2) is 24.9 Å². The third-order valence-corrected chi connectivity index (χ3v) is 6.73. The molecule has 3 aromatic heterocycles. The molecule has 2 aliphatic heterocycles. The summed E-state index contributed by atoms with van der Waals surface area (Å²) >= 11 is 0. The van der Waals surface area contributed by atoms with Crippen LogP contribution in [0.25, 0.3) is 0 Å². The van der Waals surface area contributed by atoms with Gasteiger partial charge in [-0.3, -0.25) is 9.69 Å². The molecule has 0 spiro atoms. The average Bonchev–Trinajstić information content (AvgIpc) is 3.59. The molecule has 5 heterocycles. The number of carbonyl (C=O) groups is 1. The van der Waals surface area contributed by atoms with E-state index in [1.165, 1.54) is 6.33 Å². The van der Waals surface area contributed by atoms with Gasteiger partial charge in [0.25, 0.3) is 0 Å². The molecule has 0 aromatic carbocycles. The van der Waals surface area contributed by atoms with Gasteiger partial charge in [-0.1, -0.05) is 32.9 Å². The third kappa shape index (κ3) is 4.90. The van der Waals surface area contributed by atoms with Crippen molar-refractivity contribution in [2.45, 2.75) is 71.3 Å². The van der Waals surface area contributed by atoms with E-state index in [4.69, 9.17) is 15.2 Å².